The highest BCUT2D eigenvalue weighted by molar-refractivity contribution is 5.97. The molecule has 0 saturated carbocycles. The minimum Gasteiger partial charge on any atom is -0.384 e. The Morgan fingerprint density at radius 2 is 2.40 bits per heavy atom. The predicted molar refractivity (Wildman–Crippen MR) is 71.7 cm³/mol. The van der Waals surface area contributed by atoms with Crippen LogP contribution in [0.2, 0.25) is 0 Å². The fourth-order valence-corrected chi connectivity index (χ4v) is 2.22. The van der Waals surface area contributed by atoms with Gasteiger partial charge in [0.15, 0.2) is 0 Å². The van der Waals surface area contributed by atoms with Gasteiger partial charge in [0.25, 0.3) is 5.91 Å². The first kappa shape index (κ1) is 14.5. The molecule has 1 aromatic rings. The molecule has 0 radical (unpaired) electrons. The van der Waals surface area contributed by atoms with Crippen molar-refractivity contribution in [2.24, 2.45) is 0 Å². The number of aliphatic hydroxyl groups excluding tert-OH is 1. The van der Waals surface area contributed by atoms with Crippen LogP contribution in [-0.2, 0) is 4.74 Å². The molecule has 1 amide bonds. The molecule has 1 unspecified atom stereocenters. The van der Waals surface area contributed by atoms with Crippen molar-refractivity contribution in [3.05, 3.63) is 35.1 Å². The lowest BCUT2D eigenvalue weighted by atomic mass is 10.1. The third-order valence-electron chi connectivity index (χ3n) is 3.28. The number of carbonyl (C=O) groups is 1. The number of ether oxygens (including phenoxy) is 1. The minimum absolute atomic E-state index is 0.0476. The Morgan fingerprint density at radius 3 is 3.05 bits per heavy atom. The number of hydrogen-bond donors (Lipinski definition) is 1. The molecule has 1 N–H and O–H groups in total. The molecule has 1 saturated heterocycles. The van der Waals surface area contributed by atoms with Gasteiger partial charge in [0.05, 0.1) is 11.7 Å². The first-order valence-corrected chi connectivity index (χ1v) is 6.37. The monoisotopic (exact) mass is 277 g/mol. The molecular formula is C15H16FNO3. The topological polar surface area (TPSA) is 49.8 Å². The second-order valence-electron chi connectivity index (χ2n) is 4.55. The highest BCUT2D eigenvalue weighted by Crippen LogP contribution is 2.18. The smallest absolute Gasteiger partial charge is 0.255 e. The maximum Gasteiger partial charge on any atom is 0.255 e. The van der Waals surface area contributed by atoms with Crippen molar-refractivity contribution in [2.45, 2.75) is 12.5 Å². The molecule has 1 heterocycles. The average molecular weight is 277 g/mol. The zero-order chi connectivity index (χ0) is 14.5. The summed E-state index contributed by atoms with van der Waals surface area (Å²) in [5.41, 5.74) is 0.647. The zero-order valence-electron chi connectivity index (χ0n) is 11.2. The third-order valence-corrected chi connectivity index (χ3v) is 3.28. The lowest BCUT2D eigenvalue weighted by molar-refractivity contribution is 0.0724. The Bertz CT molecular complexity index is 562. The van der Waals surface area contributed by atoms with Gasteiger partial charge in [0, 0.05) is 25.8 Å². The normalized spacial score (nSPS) is 17.8. The summed E-state index contributed by atoms with van der Waals surface area (Å²) >= 11 is 0. The second kappa shape index (κ2) is 6.51. The van der Waals surface area contributed by atoms with E-state index in [1.54, 1.807) is 12.0 Å². The van der Waals surface area contributed by atoms with Gasteiger partial charge in [-0.15, -0.1) is 0 Å². The Hall–Kier alpha value is -1.90. The van der Waals surface area contributed by atoms with Crippen molar-refractivity contribution < 1.29 is 19.0 Å². The molecule has 0 aromatic heterocycles. The van der Waals surface area contributed by atoms with Crippen molar-refractivity contribution >= 4 is 5.91 Å². The van der Waals surface area contributed by atoms with Crippen LogP contribution in [0.4, 0.5) is 4.39 Å². The fraction of sp³-hybridized carbons (Fsp3) is 0.400. The van der Waals surface area contributed by atoms with Crippen LogP contribution in [0.5, 0.6) is 0 Å². The molecule has 1 atom stereocenters. The number of rotatable bonds is 2. The van der Waals surface area contributed by atoms with Crippen molar-refractivity contribution in [3.8, 4) is 11.8 Å². The number of aliphatic hydroxyl groups is 1. The third kappa shape index (κ3) is 3.16. The number of halogens is 1. The van der Waals surface area contributed by atoms with Crippen molar-refractivity contribution in [2.75, 3.05) is 26.8 Å². The highest BCUT2D eigenvalue weighted by Gasteiger charge is 2.27. The molecule has 0 spiro atoms. The van der Waals surface area contributed by atoms with E-state index in [4.69, 9.17) is 9.84 Å². The van der Waals surface area contributed by atoms with Gasteiger partial charge in [-0.2, -0.15) is 0 Å². The van der Waals surface area contributed by atoms with Crippen LogP contribution in [0.1, 0.15) is 22.3 Å². The standard InChI is InChI=1S/C15H16FNO3/c1-20-13-6-7-17(10-13)15(19)14-5-4-12(16)9-11(14)3-2-8-18/h4-5,9,13,18H,6-8,10H2,1H3. The minimum atomic E-state index is -0.458. The van der Waals surface area contributed by atoms with Crippen LogP contribution in [0.25, 0.3) is 0 Å². The molecule has 0 bridgehead atoms. The van der Waals surface area contributed by atoms with E-state index in [0.29, 0.717) is 24.2 Å². The number of amides is 1. The van der Waals surface area contributed by atoms with Gasteiger partial charge in [0.2, 0.25) is 0 Å². The lowest BCUT2D eigenvalue weighted by Gasteiger charge is -2.17. The molecule has 20 heavy (non-hydrogen) atoms. The van der Waals surface area contributed by atoms with E-state index in [0.717, 1.165) is 6.42 Å². The molecule has 0 aliphatic carbocycles. The van der Waals surface area contributed by atoms with E-state index in [1.807, 2.05) is 0 Å². The van der Waals surface area contributed by atoms with E-state index in [2.05, 4.69) is 11.8 Å². The molecule has 106 valence electrons. The van der Waals surface area contributed by atoms with E-state index < -0.39 is 5.82 Å². The summed E-state index contributed by atoms with van der Waals surface area (Å²) in [6, 6.07) is 3.88. The first-order chi connectivity index (χ1) is 9.65. The van der Waals surface area contributed by atoms with Crippen LogP contribution in [0, 0.1) is 17.7 Å². The quantitative estimate of drug-likeness (QED) is 0.821. The lowest BCUT2D eigenvalue weighted by Crippen LogP contribution is -2.30. The van der Waals surface area contributed by atoms with Crippen molar-refractivity contribution in [3.63, 3.8) is 0 Å². The van der Waals surface area contributed by atoms with Crippen molar-refractivity contribution in [1.82, 2.24) is 4.90 Å². The van der Waals surface area contributed by atoms with Gasteiger partial charge in [-0.25, -0.2) is 4.39 Å². The largest absolute Gasteiger partial charge is 0.384 e. The van der Waals surface area contributed by atoms with E-state index >= 15 is 0 Å². The zero-order valence-corrected chi connectivity index (χ0v) is 11.2. The number of benzene rings is 1. The van der Waals surface area contributed by atoms with Gasteiger partial charge in [0.1, 0.15) is 12.4 Å². The van der Waals surface area contributed by atoms with Gasteiger partial charge in [-0.3, -0.25) is 4.79 Å². The summed E-state index contributed by atoms with van der Waals surface area (Å²) in [7, 11) is 1.62. The molecule has 1 fully saturated rings. The van der Waals surface area contributed by atoms with Gasteiger partial charge in [-0.1, -0.05) is 11.8 Å². The summed E-state index contributed by atoms with van der Waals surface area (Å²) in [5, 5.41) is 8.73. The summed E-state index contributed by atoms with van der Waals surface area (Å²) in [4.78, 5) is 14.1. The number of likely N-dealkylation sites (tertiary alicyclic amines) is 1. The summed E-state index contributed by atoms with van der Waals surface area (Å²) in [6.45, 7) is 0.806. The number of nitrogens with zero attached hydrogens (tertiary/aromatic N) is 1. The Kier molecular flexibility index (Phi) is 4.72. The Labute approximate surface area is 117 Å². The van der Waals surface area contributed by atoms with Crippen molar-refractivity contribution in [1.29, 1.82) is 0 Å². The second-order valence-corrected chi connectivity index (χ2v) is 4.55. The van der Waals surface area contributed by atoms with Gasteiger partial charge in [-0.05, 0) is 24.6 Å². The fourth-order valence-electron chi connectivity index (χ4n) is 2.22. The Balaban J connectivity index is 2.25. The summed E-state index contributed by atoms with van der Waals surface area (Å²) in [5.74, 6) is 4.41. The van der Waals surface area contributed by atoms with E-state index in [9.17, 15) is 9.18 Å². The maximum absolute atomic E-state index is 13.3. The van der Waals surface area contributed by atoms with E-state index in [-0.39, 0.29) is 18.6 Å². The molecule has 1 aliphatic rings. The van der Waals surface area contributed by atoms with Gasteiger partial charge < -0.3 is 14.7 Å². The Morgan fingerprint density at radius 1 is 1.60 bits per heavy atom. The molecule has 4 nitrogen and oxygen atoms in total. The summed E-state index contributed by atoms with van der Waals surface area (Å²) < 4.78 is 18.5. The molecular weight excluding hydrogens is 261 g/mol. The molecule has 1 aliphatic heterocycles. The SMILES string of the molecule is COC1CCN(C(=O)c2ccc(F)cc2C#CCO)C1. The average Bonchev–Trinajstić information content (AvgIpc) is 2.93. The highest BCUT2D eigenvalue weighted by atomic mass is 19.1. The van der Waals surface area contributed by atoms with Crippen LogP contribution in [0.15, 0.2) is 18.2 Å². The van der Waals surface area contributed by atoms with E-state index in [1.165, 1.54) is 18.2 Å². The molecule has 2 rings (SSSR count). The number of hydrogen-bond acceptors (Lipinski definition) is 3. The summed E-state index contributed by atoms with van der Waals surface area (Å²) in [6.07, 6.45) is 0.840. The maximum atomic E-state index is 13.3. The van der Waals surface area contributed by atoms with Crippen LogP contribution < -0.4 is 0 Å². The molecule has 1 aromatic carbocycles. The predicted octanol–water partition coefficient (Wildman–Crippen LogP) is 1.03. The van der Waals surface area contributed by atoms with Crippen LogP contribution >= 0.6 is 0 Å². The van der Waals surface area contributed by atoms with Crippen LogP contribution in [-0.4, -0.2) is 48.8 Å². The molecule has 5 heteroatoms. The number of methoxy groups -OCH3 is 1. The van der Waals surface area contributed by atoms with Gasteiger partial charge >= 0.3 is 0 Å². The first-order valence-electron chi connectivity index (χ1n) is 6.37. The number of carbonyl (C=O) groups excluding carboxylic acids is 1. The van der Waals surface area contributed by atoms with Crippen LogP contribution in [0.3, 0.4) is 0 Å².